The zero-order valence-electron chi connectivity index (χ0n) is 18.1. The molecule has 4 aromatic rings. The van der Waals surface area contributed by atoms with Crippen molar-refractivity contribution in [3.8, 4) is 11.5 Å². The minimum absolute atomic E-state index is 0.154. The summed E-state index contributed by atoms with van der Waals surface area (Å²) < 4.78 is 13.8. The van der Waals surface area contributed by atoms with Crippen LogP contribution in [-0.2, 0) is 12.8 Å². The van der Waals surface area contributed by atoms with E-state index in [1.54, 1.807) is 0 Å². The molecular weight excluding hydrogens is 440 g/mol. The number of nitrogen functional groups attached to an aromatic ring is 1. The van der Waals surface area contributed by atoms with Gasteiger partial charge >= 0.3 is 0 Å². The van der Waals surface area contributed by atoms with Crippen LogP contribution < -0.4 is 20.5 Å². The van der Waals surface area contributed by atoms with Crippen LogP contribution in [0.2, 0.25) is 0 Å². The van der Waals surface area contributed by atoms with Gasteiger partial charge in [0.25, 0.3) is 0 Å². The van der Waals surface area contributed by atoms with E-state index in [0.29, 0.717) is 40.9 Å². The first-order valence-electron chi connectivity index (χ1n) is 10.3. The summed E-state index contributed by atoms with van der Waals surface area (Å²) in [6.45, 7) is 2.38. The first-order chi connectivity index (χ1) is 16.1. The van der Waals surface area contributed by atoms with Gasteiger partial charge in [-0.15, -0.1) is 10.2 Å². The molecule has 1 atom stereocenters. The van der Waals surface area contributed by atoms with Gasteiger partial charge in [0.15, 0.2) is 28.6 Å². The van der Waals surface area contributed by atoms with Crippen LogP contribution in [0, 0.1) is 6.92 Å². The third-order valence-electron chi connectivity index (χ3n) is 5.09. The lowest BCUT2D eigenvalue weighted by Crippen LogP contribution is -2.24. The Labute approximate surface area is 194 Å². The molecule has 0 bridgehead atoms. The van der Waals surface area contributed by atoms with Crippen LogP contribution in [-0.4, -0.2) is 36.3 Å². The highest BCUT2D eigenvalue weighted by Crippen LogP contribution is 2.36. The number of thioether (sulfide) groups is 1. The number of hydrogen-bond donors (Lipinski definition) is 2. The molecule has 2 aromatic heterocycles. The molecule has 1 aliphatic heterocycles. The first-order valence-corrected chi connectivity index (χ1v) is 11.3. The lowest BCUT2D eigenvalue weighted by atomic mass is 10.2. The van der Waals surface area contributed by atoms with E-state index in [2.05, 4.69) is 30.5 Å². The van der Waals surface area contributed by atoms with Gasteiger partial charge in [0.05, 0.1) is 5.75 Å². The summed E-state index contributed by atoms with van der Waals surface area (Å²) in [5.41, 5.74) is 7.91. The standard InChI is InChI=1S/C22H22N8O2S/c1-13-7-3-4-8-14(13)24-21-26-18(25-20(23)27-21)12-33-22-29-28-19(30(22)2)17-11-31-15-9-5-6-10-16(15)32-17/h3-10,17H,11-12H2,1-2H3,(H3,23,24,25,26,27). The molecule has 10 nitrogen and oxygen atoms in total. The van der Waals surface area contributed by atoms with Gasteiger partial charge in [-0.1, -0.05) is 42.1 Å². The molecule has 3 heterocycles. The van der Waals surface area contributed by atoms with Crippen LogP contribution in [0.4, 0.5) is 17.6 Å². The molecule has 11 heteroatoms. The molecule has 0 spiro atoms. The Morgan fingerprint density at radius 3 is 2.70 bits per heavy atom. The Bertz CT molecular complexity index is 1300. The Kier molecular flexibility index (Phi) is 5.69. The quantitative estimate of drug-likeness (QED) is 0.411. The Hall–Kier alpha value is -3.86. The lowest BCUT2D eigenvalue weighted by molar-refractivity contribution is 0.0825. The number of rotatable bonds is 6. The van der Waals surface area contributed by atoms with Crippen molar-refractivity contribution in [1.82, 2.24) is 29.7 Å². The van der Waals surface area contributed by atoms with Crippen molar-refractivity contribution in [2.45, 2.75) is 23.9 Å². The minimum atomic E-state index is -0.343. The molecule has 2 aromatic carbocycles. The number of anilines is 3. The van der Waals surface area contributed by atoms with Gasteiger partial charge < -0.3 is 25.1 Å². The molecule has 0 saturated carbocycles. The molecule has 168 valence electrons. The number of nitrogens with two attached hydrogens (primary N) is 1. The second-order valence-corrected chi connectivity index (χ2v) is 8.37. The molecule has 0 amide bonds. The van der Waals surface area contributed by atoms with Gasteiger partial charge in [-0.05, 0) is 30.7 Å². The van der Waals surface area contributed by atoms with E-state index in [1.165, 1.54) is 11.8 Å². The Morgan fingerprint density at radius 2 is 1.85 bits per heavy atom. The third-order valence-corrected chi connectivity index (χ3v) is 6.10. The van der Waals surface area contributed by atoms with Crippen molar-refractivity contribution >= 4 is 29.3 Å². The third kappa shape index (κ3) is 4.53. The molecule has 0 saturated heterocycles. The molecule has 0 aliphatic carbocycles. The van der Waals surface area contributed by atoms with Crippen molar-refractivity contribution < 1.29 is 9.47 Å². The van der Waals surface area contributed by atoms with Gasteiger partial charge in [0.2, 0.25) is 11.9 Å². The molecule has 0 fully saturated rings. The maximum atomic E-state index is 6.06. The fourth-order valence-electron chi connectivity index (χ4n) is 3.40. The number of fused-ring (bicyclic) bond motifs is 1. The molecule has 3 N–H and O–H groups in total. The highest BCUT2D eigenvalue weighted by molar-refractivity contribution is 7.98. The van der Waals surface area contributed by atoms with E-state index >= 15 is 0 Å². The van der Waals surface area contributed by atoms with E-state index in [0.717, 1.165) is 17.0 Å². The van der Waals surface area contributed by atoms with Gasteiger partial charge in [-0.3, -0.25) is 0 Å². The predicted molar refractivity (Wildman–Crippen MR) is 125 cm³/mol. The monoisotopic (exact) mass is 462 g/mol. The van der Waals surface area contributed by atoms with Gasteiger partial charge in [-0.25, -0.2) is 0 Å². The highest BCUT2D eigenvalue weighted by Gasteiger charge is 2.27. The summed E-state index contributed by atoms with van der Waals surface area (Å²) >= 11 is 1.45. The van der Waals surface area contributed by atoms with Crippen LogP contribution in [0.25, 0.3) is 0 Å². The molecule has 33 heavy (non-hydrogen) atoms. The van der Waals surface area contributed by atoms with Crippen LogP contribution in [0.5, 0.6) is 11.5 Å². The van der Waals surface area contributed by atoms with Crippen molar-refractivity contribution in [2.24, 2.45) is 7.05 Å². The average Bonchev–Trinajstić information content (AvgIpc) is 3.19. The SMILES string of the molecule is Cc1ccccc1Nc1nc(N)nc(CSc2nnc(C3COc4ccccc4O3)n2C)n1. The van der Waals surface area contributed by atoms with Crippen LogP contribution in [0.15, 0.2) is 53.7 Å². The van der Waals surface area contributed by atoms with E-state index in [1.807, 2.05) is 67.1 Å². The zero-order chi connectivity index (χ0) is 22.8. The fraction of sp³-hybridized carbons (Fsp3) is 0.227. The number of nitrogens with one attached hydrogen (secondary N) is 1. The van der Waals surface area contributed by atoms with Crippen LogP contribution >= 0.6 is 11.8 Å². The topological polar surface area (TPSA) is 126 Å². The van der Waals surface area contributed by atoms with Crippen LogP contribution in [0.1, 0.15) is 23.3 Å². The largest absolute Gasteiger partial charge is 0.485 e. The smallest absolute Gasteiger partial charge is 0.232 e. The summed E-state index contributed by atoms with van der Waals surface area (Å²) in [5.74, 6) is 3.65. The van der Waals surface area contributed by atoms with Crippen LogP contribution in [0.3, 0.4) is 0 Å². The molecular formula is C22H22N8O2S. The minimum Gasteiger partial charge on any atom is -0.485 e. The summed E-state index contributed by atoms with van der Waals surface area (Å²) in [6, 6.07) is 15.5. The van der Waals surface area contributed by atoms with Crippen molar-refractivity contribution in [1.29, 1.82) is 0 Å². The van der Waals surface area contributed by atoms with E-state index < -0.39 is 0 Å². The summed E-state index contributed by atoms with van der Waals surface area (Å²) in [7, 11) is 1.90. The number of aryl methyl sites for hydroxylation is 1. The maximum absolute atomic E-state index is 6.06. The second kappa shape index (κ2) is 8.94. The lowest BCUT2D eigenvalue weighted by Gasteiger charge is -2.25. The number of nitrogens with zero attached hydrogens (tertiary/aromatic N) is 6. The molecule has 1 unspecified atom stereocenters. The van der Waals surface area contributed by atoms with Gasteiger partial charge in [-0.2, -0.15) is 15.0 Å². The number of benzene rings is 2. The van der Waals surface area contributed by atoms with Crippen molar-refractivity contribution in [2.75, 3.05) is 17.7 Å². The van der Waals surface area contributed by atoms with E-state index in [4.69, 9.17) is 15.2 Å². The number of hydrogen-bond acceptors (Lipinski definition) is 10. The number of ether oxygens (including phenoxy) is 2. The fourth-order valence-corrected chi connectivity index (χ4v) is 4.17. The summed E-state index contributed by atoms with van der Waals surface area (Å²) in [6.07, 6.45) is -0.343. The summed E-state index contributed by atoms with van der Waals surface area (Å²) in [5, 5.41) is 12.5. The first kappa shape index (κ1) is 21.0. The van der Waals surface area contributed by atoms with Gasteiger partial charge in [0.1, 0.15) is 12.4 Å². The Morgan fingerprint density at radius 1 is 1.06 bits per heavy atom. The maximum Gasteiger partial charge on any atom is 0.232 e. The summed E-state index contributed by atoms with van der Waals surface area (Å²) in [4.78, 5) is 13.0. The average molecular weight is 463 g/mol. The second-order valence-electron chi connectivity index (χ2n) is 7.43. The molecule has 0 radical (unpaired) electrons. The number of aromatic nitrogens is 6. The molecule has 5 rings (SSSR count). The van der Waals surface area contributed by atoms with Gasteiger partial charge in [0, 0.05) is 12.7 Å². The van der Waals surface area contributed by atoms with E-state index in [-0.39, 0.29) is 12.1 Å². The highest BCUT2D eigenvalue weighted by atomic mass is 32.2. The van der Waals surface area contributed by atoms with Crippen molar-refractivity contribution in [3.05, 3.63) is 65.7 Å². The normalized spacial score (nSPS) is 14.8. The van der Waals surface area contributed by atoms with E-state index in [9.17, 15) is 0 Å². The predicted octanol–water partition coefficient (Wildman–Crippen LogP) is 3.44. The Balaban J connectivity index is 1.28. The van der Waals surface area contributed by atoms with Crippen molar-refractivity contribution in [3.63, 3.8) is 0 Å². The number of para-hydroxylation sites is 3. The zero-order valence-corrected chi connectivity index (χ0v) is 18.9. The molecule has 1 aliphatic rings.